The first kappa shape index (κ1) is 13.4. The summed E-state index contributed by atoms with van der Waals surface area (Å²) in [5.41, 5.74) is -0.717. The van der Waals surface area contributed by atoms with Gasteiger partial charge in [-0.05, 0) is 45.4 Å². The quantitative estimate of drug-likeness (QED) is 0.775. The number of amides is 2. The van der Waals surface area contributed by atoms with Crippen molar-refractivity contribution in [3.63, 3.8) is 0 Å². The molecule has 1 saturated carbocycles. The maximum Gasteiger partial charge on any atom is 0.238 e. The van der Waals surface area contributed by atoms with Crippen molar-refractivity contribution >= 4 is 11.8 Å². The van der Waals surface area contributed by atoms with Gasteiger partial charge >= 0.3 is 0 Å². The van der Waals surface area contributed by atoms with Crippen molar-refractivity contribution in [1.82, 2.24) is 10.2 Å². The number of rotatable bonds is 3. The smallest absolute Gasteiger partial charge is 0.238 e. The molecule has 0 unspecified atom stereocenters. The standard InChI is InChI=1S/C14H24N2O2/c1-10(2)15-12(17)14(6-7-14)13(18)16-8-4-11(3)5-9-16/h10-11H,4-9H2,1-3H3,(H,15,17). The Labute approximate surface area is 109 Å². The van der Waals surface area contributed by atoms with Gasteiger partial charge in [-0.15, -0.1) is 0 Å². The molecule has 0 spiro atoms. The van der Waals surface area contributed by atoms with E-state index in [1.54, 1.807) is 0 Å². The van der Waals surface area contributed by atoms with Crippen molar-refractivity contribution in [2.75, 3.05) is 13.1 Å². The first-order valence-corrected chi connectivity index (χ1v) is 7.06. The summed E-state index contributed by atoms with van der Waals surface area (Å²) >= 11 is 0. The third-order valence-corrected chi connectivity index (χ3v) is 4.08. The number of piperidine rings is 1. The van der Waals surface area contributed by atoms with E-state index in [1.807, 2.05) is 18.7 Å². The molecule has 0 aromatic carbocycles. The van der Waals surface area contributed by atoms with Gasteiger partial charge in [-0.1, -0.05) is 6.92 Å². The van der Waals surface area contributed by atoms with Gasteiger partial charge in [-0.25, -0.2) is 0 Å². The largest absolute Gasteiger partial charge is 0.353 e. The Morgan fingerprint density at radius 3 is 2.22 bits per heavy atom. The second kappa shape index (κ2) is 4.90. The number of nitrogens with one attached hydrogen (secondary N) is 1. The molecule has 0 bridgehead atoms. The van der Waals surface area contributed by atoms with Crippen molar-refractivity contribution in [3.05, 3.63) is 0 Å². The minimum Gasteiger partial charge on any atom is -0.353 e. The zero-order valence-corrected chi connectivity index (χ0v) is 11.7. The number of carbonyl (C=O) groups excluding carboxylic acids is 2. The number of hydrogen-bond acceptors (Lipinski definition) is 2. The van der Waals surface area contributed by atoms with E-state index in [2.05, 4.69) is 12.2 Å². The normalized spacial score (nSPS) is 23.0. The molecule has 0 aromatic rings. The van der Waals surface area contributed by atoms with Crippen LogP contribution in [0.3, 0.4) is 0 Å². The second-order valence-corrected chi connectivity index (χ2v) is 6.18. The van der Waals surface area contributed by atoms with Crippen LogP contribution in [0.4, 0.5) is 0 Å². The highest BCUT2D eigenvalue weighted by Crippen LogP contribution is 2.48. The molecule has 4 heteroatoms. The molecule has 2 aliphatic rings. The van der Waals surface area contributed by atoms with Crippen LogP contribution in [0, 0.1) is 11.3 Å². The molecule has 102 valence electrons. The molecule has 0 radical (unpaired) electrons. The summed E-state index contributed by atoms with van der Waals surface area (Å²) < 4.78 is 0. The fourth-order valence-corrected chi connectivity index (χ4v) is 2.58. The van der Waals surface area contributed by atoms with Gasteiger partial charge < -0.3 is 10.2 Å². The van der Waals surface area contributed by atoms with E-state index in [4.69, 9.17) is 0 Å². The van der Waals surface area contributed by atoms with Crippen molar-refractivity contribution in [2.24, 2.45) is 11.3 Å². The van der Waals surface area contributed by atoms with Crippen LogP contribution < -0.4 is 5.32 Å². The first-order valence-electron chi connectivity index (χ1n) is 7.06. The average Bonchev–Trinajstić information content (AvgIpc) is 3.09. The monoisotopic (exact) mass is 252 g/mol. The van der Waals surface area contributed by atoms with Crippen LogP contribution in [-0.2, 0) is 9.59 Å². The van der Waals surface area contributed by atoms with E-state index in [1.165, 1.54) is 0 Å². The minimum absolute atomic E-state index is 0.0625. The van der Waals surface area contributed by atoms with Gasteiger partial charge in [-0.2, -0.15) is 0 Å². The van der Waals surface area contributed by atoms with Gasteiger partial charge in [0, 0.05) is 19.1 Å². The van der Waals surface area contributed by atoms with E-state index in [9.17, 15) is 9.59 Å². The highest BCUT2D eigenvalue weighted by atomic mass is 16.2. The summed E-state index contributed by atoms with van der Waals surface area (Å²) in [5, 5.41) is 2.89. The summed E-state index contributed by atoms with van der Waals surface area (Å²) in [5.74, 6) is 0.697. The molecule has 2 fully saturated rings. The zero-order chi connectivity index (χ0) is 13.3. The summed E-state index contributed by atoms with van der Waals surface area (Å²) in [6, 6.07) is 0.101. The molecule has 0 aromatic heterocycles. The number of nitrogens with zero attached hydrogens (tertiary/aromatic N) is 1. The Morgan fingerprint density at radius 2 is 1.78 bits per heavy atom. The van der Waals surface area contributed by atoms with Crippen LogP contribution in [0.1, 0.15) is 46.5 Å². The summed E-state index contributed by atoms with van der Waals surface area (Å²) in [6.07, 6.45) is 3.56. The van der Waals surface area contributed by atoms with Gasteiger partial charge in [0.15, 0.2) is 0 Å². The number of likely N-dealkylation sites (tertiary alicyclic amines) is 1. The number of carbonyl (C=O) groups is 2. The van der Waals surface area contributed by atoms with Gasteiger partial charge in [0.05, 0.1) is 0 Å². The van der Waals surface area contributed by atoms with E-state index in [0.717, 1.165) is 38.8 Å². The molecule has 4 nitrogen and oxygen atoms in total. The van der Waals surface area contributed by atoms with Crippen LogP contribution in [0.25, 0.3) is 0 Å². The van der Waals surface area contributed by atoms with Crippen molar-refractivity contribution in [3.8, 4) is 0 Å². The SMILES string of the molecule is CC1CCN(C(=O)C2(C(=O)NC(C)C)CC2)CC1. The topological polar surface area (TPSA) is 49.4 Å². The molecule has 1 saturated heterocycles. The fraction of sp³-hybridized carbons (Fsp3) is 0.857. The zero-order valence-electron chi connectivity index (χ0n) is 11.7. The predicted octanol–water partition coefficient (Wildman–Crippen LogP) is 1.55. The molecule has 18 heavy (non-hydrogen) atoms. The summed E-state index contributed by atoms with van der Waals surface area (Å²) in [7, 11) is 0. The highest BCUT2D eigenvalue weighted by molar-refractivity contribution is 6.07. The average molecular weight is 252 g/mol. The molecule has 1 heterocycles. The fourth-order valence-electron chi connectivity index (χ4n) is 2.58. The van der Waals surface area contributed by atoms with E-state index >= 15 is 0 Å². The highest BCUT2D eigenvalue weighted by Gasteiger charge is 2.58. The molecular formula is C14H24N2O2. The van der Waals surface area contributed by atoms with Crippen molar-refractivity contribution in [2.45, 2.75) is 52.5 Å². The second-order valence-electron chi connectivity index (χ2n) is 6.18. The van der Waals surface area contributed by atoms with Crippen molar-refractivity contribution < 1.29 is 9.59 Å². The lowest BCUT2D eigenvalue weighted by Gasteiger charge is -2.33. The van der Waals surface area contributed by atoms with Crippen LogP contribution in [0.15, 0.2) is 0 Å². The third-order valence-electron chi connectivity index (χ3n) is 4.08. The Balaban J connectivity index is 1.98. The van der Waals surface area contributed by atoms with E-state index in [-0.39, 0.29) is 17.9 Å². The maximum atomic E-state index is 12.5. The first-order chi connectivity index (χ1) is 8.45. The number of hydrogen-bond donors (Lipinski definition) is 1. The third kappa shape index (κ3) is 2.52. The Morgan fingerprint density at radius 1 is 1.22 bits per heavy atom. The Kier molecular flexibility index (Phi) is 3.64. The van der Waals surface area contributed by atoms with Crippen LogP contribution in [-0.4, -0.2) is 35.8 Å². The van der Waals surface area contributed by atoms with Crippen LogP contribution in [0.2, 0.25) is 0 Å². The molecule has 2 rings (SSSR count). The molecular weight excluding hydrogens is 228 g/mol. The summed E-state index contributed by atoms with van der Waals surface area (Å²) in [4.78, 5) is 26.5. The maximum absolute atomic E-state index is 12.5. The summed E-state index contributed by atoms with van der Waals surface area (Å²) in [6.45, 7) is 7.72. The molecule has 1 aliphatic heterocycles. The predicted molar refractivity (Wildman–Crippen MR) is 69.9 cm³/mol. The van der Waals surface area contributed by atoms with Crippen molar-refractivity contribution in [1.29, 1.82) is 0 Å². The van der Waals surface area contributed by atoms with Crippen LogP contribution in [0.5, 0.6) is 0 Å². The molecule has 1 N–H and O–H groups in total. The Bertz CT molecular complexity index is 340. The van der Waals surface area contributed by atoms with Gasteiger partial charge in [0.1, 0.15) is 5.41 Å². The lowest BCUT2D eigenvalue weighted by atomic mass is 9.96. The lowest BCUT2D eigenvalue weighted by molar-refractivity contribution is -0.145. The molecule has 0 atom stereocenters. The Hall–Kier alpha value is -1.06. The van der Waals surface area contributed by atoms with Gasteiger partial charge in [-0.3, -0.25) is 9.59 Å². The molecule has 2 amide bonds. The minimum atomic E-state index is -0.717. The molecule has 1 aliphatic carbocycles. The van der Waals surface area contributed by atoms with E-state index < -0.39 is 5.41 Å². The van der Waals surface area contributed by atoms with Gasteiger partial charge in [0.25, 0.3) is 0 Å². The van der Waals surface area contributed by atoms with Crippen LogP contribution >= 0.6 is 0 Å². The van der Waals surface area contributed by atoms with Gasteiger partial charge in [0.2, 0.25) is 11.8 Å². The lowest BCUT2D eigenvalue weighted by Crippen LogP contribution is -2.48. The van der Waals surface area contributed by atoms with E-state index in [0.29, 0.717) is 5.92 Å².